The molecule has 3 atom stereocenters. The van der Waals surface area contributed by atoms with Gasteiger partial charge in [0, 0.05) is 61.0 Å². The van der Waals surface area contributed by atoms with Crippen molar-refractivity contribution in [1.82, 2.24) is 0 Å². The second-order valence-corrected chi connectivity index (χ2v) is 23.2. The zero-order valence-electron chi connectivity index (χ0n) is 37.2. The molecule has 0 bridgehead atoms. The Morgan fingerprint density at radius 1 is 0.806 bits per heavy atom. The predicted octanol–water partition coefficient (Wildman–Crippen LogP) is 6.93. The van der Waals surface area contributed by atoms with Gasteiger partial charge in [0.15, 0.2) is 17.3 Å². The third-order valence-corrected chi connectivity index (χ3v) is 15.5. The number of nitrogens with zero attached hydrogens (tertiary/aromatic N) is 2. The van der Waals surface area contributed by atoms with E-state index < -0.39 is 96.6 Å². The number of allylic oxidation sites excluding steroid dienone is 4. The number of unbranched alkanes of at least 4 members (excludes halogenated alkanes) is 2. The van der Waals surface area contributed by atoms with Gasteiger partial charge in [-0.1, -0.05) is 6.08 Å². The minimum absolute atomic E-state index is 0.0184. The number of rotatable bonds is 22. The molecule has 0 aliphatic carbocycles. The molecule has 16 nitrogen and oxygen atoms in total. The van der Waals surface area contributed by atoms with Crippen molar-refractivity contribution >= 4 is 69.1 Å². The average molecular weight is 1020 g/mol. The number of fused-ring (bicyclic) bond motifs is 2. The molecule has 3 unspecified atom stereocenters. The van der Waals surface area contributed by atoms with Gasteiger partial charge >= 0.3 is 5.97 Å². The van der Waals surface area contributed by atoms with Crippen LogP contribution in [0.1, 0.15) is 81.9 Å². The van der Waals surface area contributed by atoms with E-state index in [1.165, 1.54) is 44.4 Å². The molecule has 2 heterocycles. The number of carbonyl (C=O) groups excluding carboxylic acids is 1. The first-order valence-electron chi connectivity index (χ1n) is 20.9. The normalized spacial score (nSPS) is 20.2. The number of hydrogen-bond acceptors (Lipinski definition) is 11. The summed E-state index contributed by atoms with van der Waals surface area (Å²) >= 11 is 0. The van der Waals surface area contributed by atoms with Gasteiger partial charge in [-0.25, -0.2) is 13.0 Å². The minimum atomic E-state index is -4.74. The second kappa shape index (κ2) is 20.6. The number of halogens is 3. The summed E-state index contributed by atoms with van der Waals surface area (Å²) in [5.41, 5.74) is 0.692. The molecule has 0 spiro atoms. The molecular formula is C44H54F3N2O14S4+. The Morgan fingerprint density at radius 3 is 2.01 bits per heavy atom. The molecular weight excluding hydrogens is 966 g/mol. The first-order valence-corrected chi connectivity index (χ1v) is 27.3. The van der Waals surface area contributed by atoms with E-state index in [1.807, 2.05) is 16.4 Å². The van der Waals surface area contributed by atoms with Crippen molar-refractivity contribution in [3.05, 3.63) is 101 Å². The Kier molecular flexibility index (Phi) is 16.5. The fourth-order valence-corrected chi connectivity index (χ4v) is 10.8. The monoisotopic (exact) mass is 1020 g/mol. The molecule has 0 fully saturated rings. The fourth-order valence-electron chi connectivity index (χ4n) is 8.73. The molecule has 0 saturated heterocycles. The Balaban J connectivity index is 1.59. The van der Waals surface area contributed by atoms with Gasteiger partial charge < -0.3 is 18.9 Å². The van der Waals surface area contributed by atoms with Crippen molar-refractivity contribution in [3.63, 3.8) is 0 Å². The summed E-state index contributed by atoms with van der Waals surface area (Å²) < 4.78 is 180. The summed E-state index contributed by atoms with van der Waals surface area (Å²) in [7, 11) is -15.8. The summed E-state index contributed by atoms with van der Waals surface area (Å²) in [6.45, 7) is 5.43. The summed E-state index contributed by atoms with van der Waals surface area (Å²) in [6.07, 6.45) is 5.75. The molecule has 0 amide bonds. The van der Waals surface area contributed by atoms with Gasteiger partial charge in [0.05, 0.1) is 33.3 Å². The molecule has 3 aromatic carbocycles. The van der Waals surface area contributed by atoms with Gasteiger partial charge in [0.1, 0.15) is 16.3 Å². The van der Waals surface area contributed by atoms with Crippen LogP contribution in [-0.4, -0.2) is 108 Å². The van der Waals surface area contributed by atoms with Crippen molar-refractivity contribution in [2.75, 3.05) is 43.2 Å². The highest BCUT2D eigenvalue weighted by Crippen LogP contribution is 2.51. The second-order valence-electron chi connectivity index (χ2n) is 16.9. The topological polar surface area (TPSA) is 242 Å². The van der Waals surface area contributed by atoms with Crippen LogP contribution in [0.15, 0.2) is 76.2 Å². The van der Waals surface area contributed by atoms with E-state index in [2.05, 4.69) is 5.87 Å². The molecule has 4 N–H and O–H groups in total. The first-order chi connectivity index (χ1) is 31.0. The molecule has 0 saturated carbocycles. The number of aryl methyl sites for hydroxylation is 1. The summed E-state index contributed by atoms with van der Waals surface area (Å²) in [4.78, 5) is 14.1. The number of ether oxygens (including phenoxy) is 2. The van der Waals surface area contributed by atoms with Gasteiger partial charge in [-0.05, 0) is 119 Å². The van der Waals surface area contributed by atoms with Crippen LogP contribution in [0, 0.1) is 24.4 Å². The SMILES string of the molecule is C=S(=O)(O)c1ccc2c(c1)C(C)(CCCS(=O)(=O)O)/C(=C\C=C\C1=[N+](CCCCCC(=O)Oc3c(F)c(C)cc(F)c3F)c3ccc(S(=O)(=O)O)cc3C1(C)CCCS(=O)(=O)O)N2CCOC. The maximum atomic E-state index is 14.5. The Bertz CT molecular complexity index is 2950. The van der Waals surface area contributed by atoms with E-state index >= 15 is 0 Å². The van der Waals surface area contributed by atoms with Crippen molar-refractivity contribution < 1.29 is 79.7 Å². The minimum Gasteiger partial charge on any atom is -0.420 e. The van der Waals surface area contributed by atoms with E-state index in [-0.39, 0.29) is 68.7 Å². The van der Waals surface area contributed by atoms with Gasteiger partial charge in [-0.3, -0.25) is 18.5 Å². The number of carbonyl (C=O) groups is 1. The molecule has 23 heteroatoms. The highest BCUT2D eigenvalue weighted by molar-refractivity contribution is 7.95. The van der Waals surface area contributed by atoms with Gasteiger partial charge in [-0.15, -0.1) is 0 Å². The lowest BCUT2D eigenvalue weighted by Gasteiger charge is -2.30. The van der Waals surface area contributed by atoms with Crippen LogP contribution >= 0.6 is 0 Å². The average Bonchev–Trinajstić information content (AvgIpc) is 3.58. The molecule has 0 aromatic heterocycles. The summed E-state index contributed by atoms with van der Waals surface area (Å²) in [5.74, 6) is -4.21. The van der Waals surface area contributed by atoms with Crippen molar-refractivity contribution in [1.29, 1.82) is 0 Å². The van der Waals surface area contributed by atoms with Gasteiger partial charge in [-0.2, -0.15) is 34.2 Å². The van der Waals surface area contributed by atoms with E-state index in [9.17, 15) is 65.6 Å². The molecule has 2 aliphatic rings. The molecule has 0 radical (unpaired) electrons. The van der Waals surface area contributed by atoms with Crippen LogP contribution in [0.25, 0.3) is 0 Å². The van der Waals surface area contributed by atoms with Crippen LogP contribution in [0.2, 0.25) is 0 Å². The van der Waals surface area contributed by atoms with Crippen molar-refractivity contribution in [2.45, 2.75) is 92.8 Å². The summed E-state index contributed by atoms with van der Waals surface area (Å²) in [6, 6.07) is 9.23. The Labute approximate surface area is 389 Å². The molecule has 368 valence electrons. The van der Waals surface area contributed by atoms with E-state index in [4.69, 9.17) is 9.47 Å². The molecule has 5 rings (SSSR count). The van der Waals surface area contributed by atoms with Crippen LogP contribution in [0.5, 0.6) is 5.75 Å². The summed E-state index contributed by atoms with van der Waals surface area (Å²) in [5, 5.41) is 0. The fraction of sp³-hybridized carbons (Fsp3) is 0.432. The molecule has 3 aromatic rings. The smallest absolute Gasteiger partial charge is 0.311 e. The third-order valence-electron chi connectivity index (χ3n) is 12.0. The molecule has 67 heavy (non-hydrogen) atoms. The maximum Gasteiger partial charge on any atom is 0.311 e. The quantitative estimate of drug-likeness (QED) is 0.0152. The largest absolute Gasteiger partial charge is 0.420 e. The maximum absolute atomic E-state index is 14.5. The van der Waals surface area contributed by atoms with Crippen LogP contribution < -0.4 is 9.64 Å². The predicted molar refractivity (Wildman–Crippen MR) is 246 cm³/mol. The van der Waals surface area contributed by atoms with Crippen molar-refractivity contribution in [3.8, 4) is 5.75 Å². The lowest BCUT2D eigenvalue weighted by atomic mass is 9.75. The standard InChI is InChI=1S/C44H53F3N2O14S4/c1-29-26-34(45)41(47)42(40(29)46)63-39(50)14-7-6-8-21-48-35-18-16-31(67(59,60)61)28-33(35)44(3,20-11-25-66(56,57)58)37(48)12-9-13-38-43(2,19-10-24-65(53,54)55)32-27-30(64(5,51)52)15-17-36(32)49(38)22-23-62-4/h9,12-13,15-18,26-28H,5-8,10-11,14,19-25H2,1-4H3,(H3-,51,52,53,54,55,56,57,58,59,60,61)/p+1. The van der Waals surface area contributed by atoms with Crippen LogP contribution in [-0.2, 0) is 60.5 Å². The highest BCUT2D eigenvalue weighted by Gasteiger charge is 2.48. The number of hydrogen-bond donors (Lipinski definition) is 4. The first kappa shape index (κ1) is 53.5. The van der Waals surface area contributed by atoms with Crippen LogP contribution in [0.3, 0.4) is 0 Å². The number of methoxy groups -OCH3 is 1. The third kappa shape index (κ3) is 12.6. The lowest BCUT2D eigenvalue weighted by molar-refractivity contribution is -0.438. The number of benzene rings is 3. The zero-order valence-corrected chi connectivity index (χ0v) is 40.5. The van der Waals surface area contributed by atoms with E-state index in [1.54, 1.807) is 31.2 Å². The Morgan fingerprint density at radius 2 is 1.42 bits per heavy atom. The van der Waals surface area contributed by atoms with Crippen LogP contribution in [0.4, 0.5) is 24.5 Å². The number of anilines is 1. The lowest BCUT2D eigenvalue weighted by Crippen LogP contribution is -2.32. The van der Waals surface area contributed by atoms with E-state index in [0.717, 1.165) is 0 Å². The van der Waals surface area contributed by atoms with E-state index in [0.29, 0.717) is 52.8 Å². The molecule has 2 aliphatic heterocycles. The van der Waals surface area contributed by atoms with Gasteiger partial charge in [0.2, 0.25) is 17.3 Å². The van der Waals surface area contributed by atoms with Crippen molar-refractivity contribution in [2.24, 2.45) is 0 Å². The Hall–Kier alpha value is -4.46. The number of esters is 1. The van der Waals surface area contributed by atoms with Gasteiger partial charge in [0.25, 0.3) is 30.4 Å². The zero-order chi connectivity index (χ0) is 49.9. The highest BCUT2D eigenvalue weighted by atomic mass is 32.2.